The van der Waals surface area contributed by atoms with Crippen LogP contribution in [0.5, 0.6) is 0 Å². The SMILES string of the molecule is COCCNCC1(CCSC(F)(F)F)CCOC1C1CC1. The van der Waals surface area contributed by atoms with E-state index >= 15 is 0 Å². The molecular weight excluding hydrogens is 303 g/mol. The van der Waals surface area contributed by atoms with Gasteiger partial charge in [0.05, 0.1) is 12.7 Å². The van der Waals surface area contributed by atoms with Crippen LogP contribution in [0.15, 0.2) is 0 Å². The van der Waals surface area contributed by atoms with E-state index in [0.717, 1.165) is 32.4 Å². The fraction of sp³-hybridized carbons (Fsp3) is 1.00. The number of halogens is 3. The molecule has 1 aliphatic carbocycles. The monoisotopic (exact) mass is 327 g/mol. The van der Waals surface area contributed by atoms with Crippen LogP contribution in [0.3, 0.4) is 0 Å². The van der Waals surface area contributed by atoms with Gasteiger partial charge in [-0.25, -0.2) is 0 Å². The zero-order chi connectivity index (χ0) is 15.3. The van der Waals surface area contributed by atoms with Gasteiger partial charge in [-0.2, -0.15) is 13.2 Å². The fourth-order valence-electron chi connectivity index (χ4n) is 3.17. The molecule has 0 amide bonds. The van der Waals surface area contributed by atoms with Crippen LogP contribution in [0.4, 0.5) is 13.2 Å². The molecule has 1 saturated carbocycles. The molecule has 0 aromatic rings. The summed E-state index contributed by atoms with van der Waals surface area (Å²) >= 11 is 0.0888. The second kappa shape index (κ2) is 7.53. The predicted molar refractivity (Wildman–Crippen MR) is 77.4 cm³/mol. The first-order valence-electron chi connectivity index (χ1n) is 7.49. The number of ether oxygens (including phenoxy) is 2. The summed E-state index contributed by atoms with van der Waals surface area (Å²) in [4.78, 5) is 0. The van der Waals surface area contributed by atoms with Crippen molar-refractivity contribution in [3.05, 3.63) is 0 Å². The third kappa shape index (κ3) is 5.30. The van der Waals surface area contributed by atoms with Gasteiger partial charge in [-0.15, -0.1) is 0 Å². The molecule has 2 rings (SSSR count). The van der Waals surface area contributed by atoms with Gasteiger partial charge in [0.1, 0.15) is 0 Å². The van der Waals surface area contributed by atoms with Gasteiger partial charge in [0.25, 0.3) is 0 Å². The molecule has 2 fully saturated rings. The van der Waals surface area contributed by atoms with Crippen molar-refractivity contribution >= 4 is 11.8 Å². The van der Waals surface area contributed by atoms with E-state index in [-0.39, 0.29) is 29.0 Å². The van der Waals surface area contributed by atoms with Crippen molar-refractivity contribution in [1.82, 2.24) is 5.32 Å². The molecule has 1 saturated heterocycles. The molecule has 3 nitrogen and oxygen atoms in total. The minimum absolute atomic E-state index is 0.0888. The Morgan fingerprint density at radius 1 is 1.38 bits per heavy atom. The molecule has 2 atom stereocenters. The van der Waals surface area contributed by atoms with Crippen molar-refractivity contribution in [2.24, 2.45) is 11.3 Å². The average molecular weight is 327 g/mol. The van der Waals surface area contributed by atoms with E-state index in [1.54, 1.807) is 7.11 Å². The lowest BCUT2D eigenvalue weighted by atomic mass is 9.76. The highest BCUT2D eigenvalue weighted by Crippen LogP contribution is 2.50. The van der Waals surface area contributed by atoms with Crippen LogP contribution < -0.4 is 5.32 Å². The average Bonchev–Trinajstić information content (AvgIpc) is 3.16. The van der Waals surface area contributed by atoms with E-state index in [9.17, 15) is 13.2 Å². The first-order chi connectivity index (χ1) is 9.97. The van der Waals surface area contributed by atoms with Crippen LogP contribution in [-0.2, 0) is 9.47 Å². The summed E-state index contributed by atoms with van der Waals surface area (Å²) in [5.74, 6) is 0.662. The van der Waals surface area contributed by atoms with Crippen LogP contribution in [0.2, 0.25) is 0 Å². The highest BCUT2D eigenvalue weighted by Gasteiger charge is 2.50. The highest BCUT2D eigenvalue weighted by molar-refractivity contribution is 8.00. The van der Waals surface area contributed by atoms with E-state index in [1.165, 1.54) is 0 Å². The largest absolute Gasteiger partial charge is 0.441 e. The Bertz CT molecular complexity index is 326. The Labute approximate surface area is 128 Å². The highest BCUT2D eigenvalue weighted by atomic mass is 32.2. The van der Waals surface area contributed by atoms with Crippen molar-refractivity contribution in [3.63, 3.8) is 0 Å². The molecule has 124 valence electrons. The number of hydrogen-bond donors (Lipinski definition) is 1. The number of alkyl halides is 3. The summed E-state index contributed by atoms with van der Waals surface area (Å²) in [5.41, 5.74) is -4.29. The van der Waals surface area contributed by atoms with Crippen molar-refractivity contribution < 1.29 is 22.6 Å². The molecular formula is C14H24F3NO2S. The summed E-state index contributed by atoms with van der Waals surface area (Å²) in [7, 11) is 1.64. The Morgan fingerprint density at radius 3 is 2.76 bits per heavy atom. The first-order valence-corrected chi connectivity index (χ1v) is 8.47. The molecule has 0 bridgehead atoms. The smallest absolute Gasteiger partial charge is 0.383 e. The molecule has 0 radical (unpaired) electrons. The van der Waals surface area contributed by atoms with Gasteiger partial charge in [0.2, 0.25) is 0 Å². The Balaban J connectivity index is 1.89. The minimum atomic E-state index is -4.14. The third-order valence-electron chi connectivity index (χ3n) is 4.38. The van der Waals surface area contributed by atoms with Crippen molar-refractivity contribution in [3.8, 4) is 0 Å². The molecule has 1 N–H and O–H groups in total. The maximum Gasteiger partial charge on any atom is 0.441 e. The fourth-order valence-corrected chi connectivity index (χ4v) is 3.91. The lowest BCUT2D eigenvalue weighted by molar-refractivity contribution is -0.0331. The Morgan fingerprint density at radius 2 is 2.14 bits per heavy atom. The zero-order valence-electron chi connectivity index (χ0n) is 12.4. The van der Waals surface area contributed by atoms with Crippen LogP contribution in [0.25, 0.3) is 0 Å². The summed E-state index contributed by atoms with van der Waals surface area (Å²) in [6, 6.07) is 0. The molecule has 0 aromatic carbocycles. The van der Waals surface area contributed by atoms with Crippen LogP contribution in [-0.4, -0.2) is 50.8 Å². The van der Waals surface area contributed by atoms with E-state index in [0.29, 0.717) is 25.6 Å². The standard InChI is InChI=1S/C14H24F3NO2S/c1-19-8-6-18-10-13(5-9-21-14(15,16)17)4-7-20-12(13)11-2-3-11/h11-12,18H,2-10H2,1H3. The summed E-state index contributed by atoms with van der Waals surface area (Å²) in [5, 5.41) is 3.33. The summed E-state index contributed by atoms with van der Waals surface area (Å²) in [6.07, 6.45) is 3.83. The molecule has 2 unspecified atom stereocenters. The first kappa shape index (κ1) is 17.4. The maximum absolute atomic E-state index is 12.4. The van der Waals surface area contributed by atoms with Gasteiger partial charge in [-0.1, -0.05) is 11.8 Å². The Kier molecular flexibility index (Phi) is 6.23. The lowest BCUT2D eigenvalue weighted by Crippen LogP contribution is -2.43. The number of rotatable bonds is 9. The van der Waals surface area contributed by atoms with Gasteiger partial charge in [0.15, 0.2) is 0 Å². The number of hydrogen-bond acceptors (Lipinski definition) is 4. The van der Waals surface area contributed by atoms with E-state index in [1.807, 2.05) is 0 Å². The van der Waals surface area contributed by atoms with Crippen LogP contribution in [0.1, 0.15) is 25.7 Å². The number of nitrogens with one attached hydrogen (secondary N) is 1. The van der Waals surface area contributed by atoms with Crippen molar-refractivity contribution in [2.45, 2.75) is 37.3 Å². The van der Waals surface area contributed by atoms with Crippen molar-refractivity contribution in [2.75, 3.05) is 39.2 Å². The Hall–Kier alpha value is 0.0200. The van der Waals surface area contributed by atoms with Gasteiger partial charge < -0.3 is 14.8 Å². The lowest BCUT2D eigenvalue weighted by Gasteiger charge is -2.35. The topological polar surface area (TPSA) is 30.5 Å². The van der Waals surface area contributed by atoms with Crippen LogP contribution in [0, 0.1) is 11.3 Å². The molecule has 0 aromatic heterocycles. The zero-order valence-corrected chi connectivity index (χ0v) is 13.2. The van der Waals surface area contributed by atoms with Gasteiger partial charge in [-0.05, 0) is 31.6 Å². The van der Waals surface area contributed by atoms with E-state index in [4.69, 9.17) is 9.47 Å². The molecule has 2 aliphatic rings. The quantitative estimate of drug-likeness (QED) is 0.660. The van der Waals surface area contributed by atoms with Gasteiger partial charge in [0, 0.05) is 38.0 Å². The normalized spacial score (nSPS) is 30.0. The molecule has 7 heteroatoms. The van der Waals surface area contributed by atoms with Gasteiger partial charge >= 0.3 is 5.51 Å². The van der Waals surface area contributed by atoms with Gasteiger partial charge in [-0.3, -0.25) is 0 Å². The minimum Gasteiger partial charge on any atom is -0.383 e. The van der Waals surface area contributed by atoms with E-state index < -0.39 is 5.51 Å². The van der Waals surface area contributed by atoms with E-state index in [2.05, 4.69) is 5.32 Å². The summed E-state index contributed by atoms with van der Waals surface area (Å²) < 4.78 is 48.0. The second-order valence-corrected chi connectivity index (χ2v) is 7.11. The third-order valence-corrected chi connectivity index (χ3v) is 5.11. The number of thioether (sulfide) groups is 1. The van der Waals surface area contributed by atoms with Crippen LogP contribution >= 0.6 is 11.8 Å². The molecule has 21 heavy (non-hydrogen) atoms. The molecule has 0 spiro atoms. The molecule has 1 aliphatic heterocycles. The summed E-state index contributed by atoms with van der Waals surface area (Å²) in [6.45, 7) is 2.73. The maximum atomic E-state index is 12.4. The molecule has 1 heterocycles. The van der Waals surface area contributed by atoms with Crippen molar-refractivity contribution in [1.29, 1.82) is 0 Å². The number of methoxy groups -OCH3 is 1. The second-order valence-electron chi connectivity index (χ2n) is 5.95. The predicted octanol–water partition coefficient (Wildman–Crippen LogP) is 3.05.